The summed E-state index contributed by atoms with van der Waals surface area (Å²) in [5, 5.41) is 3.29. The van der Waals surface area contributed by atoms with E-state index in [0.29, 0.717) is 6.61 Å². The number of nitrogens with zero attached hydrogens (tertiary/aromatic N) is 2. The molecule has 3 rings (SSSR count). The van der Waals surface area contributed by atoms with Crippen LogP contribution in [0.4, 0.5) is 0 Å². The van der Waals surface area contributed by atoms with Crippen LogP contribution in [0, 0.1) is 5.92 Å². The molecule has 0 radical (unpaired) electrons. The Morgan fingerprint density at radius 2 is 2.00 bits per heavy atom. The molecular formula is C14H25N3O2. The summed E-state index contributed by atoms with van der Waals surface area (Å²) in [6, 6.07) is -0.149. The Labute approximate surface area is 115 Å². The normalized spacial score (nSPS) is 33.4. The first-order valence-electron chi connectivity index (χ1n) is 7.60. The Morgan fingerprint density at radius 1 is 1.26 bits per heavy atom. The average Bonchev–Trinajstić information content (AvgIpc) is 3.23. The molecule has 3 aliphatic rings. The fraction of sp³-hybridized carbons (Fsp3) is 0.929. The number of carbonyl (C=O) groups excluding carboxylic acids is 1. The number of carbonyl (C=O) groups is 1. The number of amides is 1. The Morgan fingerprint density at radius 3 is 2.63 bits per heavy atom. The fourth-order valence-electron chi connectivity index (χ4n) is 3.02. The molecule has 2 heterocycles. The van der Waals surface area contributed by atoms with Gasteiger partial charge in [-0.2, -0.15) is 0 Å². The molecular weight excluding hydrogens is 242 g/mol. The monoisotopic (exact) mass is 267 g/mol. The van der Waals surface area contributed by atoms with Gasteiger partial charge in [-0.3, -0.25) is 9.69 Å². The number of hydrogen-bond acceptors (Lipinski definition) is 4. The van der Waals surface area contributed by atoms with E-state index in [1.165, 1.54) is 19.4 Å². The van der Waals surface area contributed by atoms with E-state index in [0.717, 1.165) is 38.6 Å². The van der Waals surface area contributed by atoms with Crippen LogP contribution in [0.2, 0.25) is 0 Å². The van der Waals surface area contributed by atoms with E-state index >= 15 is 0 Å². The molecule has 0 aromatic rings. The van der Waals surface area contributed by atoms with Gasteiger partial charge in [0, 0.05) is 39.3 Å². The van der Waals surface area contributed by atoms with E-state index in [1.807, 2.05) is 11.8 Å². The summed E-state index contributed by atoms with van der Waals surface area (Å²) in [7, 11) is 0. The van der Waals surface area contributed by atoms with Gasteiger partial charge in [0.2, 0.25) is 5.91 Å². The van der Waals surface area contributed by atoms with Gasteiger partial charge in [0.1, 0.15) is 6.04 Å². The molecule has 108 valence electrons. The van der Waals surface area contributed by atoms with Crippen LogP contribution in [0.15, 0.2) is 0 Å². The molecule has 1 saturated carbocycles. The number of piperazine rings is 1. The maximum atomic E-state index is 12.5. The van der Waals surface area contributed by atoms with Gasteiger partial charge in [0.25, 0.3) is 0 Å². The van der Waals surface area contributed by atoms with E-state index in [1.54, 1.807) is 0 Å². The van der Waals surface area contributed by atoms with Crippen molar-refractivity contribution in [3.05, 3.63) is 0 Å². The molecule has 3 fully saturated rings. The van der Waals surface area contributed by atoms with Gasteiger partial charge >= 0.3 is 0 Å². The molecule has 1 aliphatic carbocycles. The highest BCUT2D eigenvalue weighted by Gasteiger charge is 2.34. The summed E-state index contributed by atoms with van der Waals surface area (Å²) in [4.78, 5) is 17.0. The van der Waals surface area contributed by atoms with Crippen molar-refractivity contribution in [2.75, 3.05) is 45.9 Å². The van der Waals surface area contributed by atoms with Crippen molar-refractivity contribution in [1.29, 1.82) is 0 Å². The molecule has 0 aromatic heterocycles. The van der Waals surface area contributed by atoms with Crippen LogP contribution >= 0.6 is 0 Å². The van der Waals surface area contributed by atoms with Crippen LogP contribution in [0.25, 0.3) is 0 Å². The van der Waals surface area contributed by atoms with Crippen LogP contribution in [-0.2, 0) is 9.53 Å². The van der Waals surface area contributed by atoms with E-state index in [4.69, 9.17) is 4.74 Å². The van der Waals surface area contributed by atoms with Gasteiger partial charge in [-0.1, -0.05) is 0 Å². The van der Waals surface area contributed by atoms with Crippen LogP contribution in [0.5, 0.6) is 0 Å². The van der Waals surface area contributed by atoms with Crippen LogP contribution in [-0.4, -0.2) is 73.7 Å². The second kappa shape index (κ2) is 5.77. The van der Waals surface area contributed by atoms with Gasteiger partial charge in [-0.05, 0) is 25.7 Å². The van der Waals surface area contributed by atoms with Crippen molar-refractivity contribution in [2.24, 2.45) is 5.92 Å². The van der Waals surface area contributed by atoms with Crippen molar-refractivity contribution >= 4 is 5.91 Å². The summed E-state index contributed by atoms with van der Waals surface area (Å²) in [6.07, 6.45) is 2.80. The van der Waals surface area contributed by atoms with Crippen molar-refractivity contribution in [3.63, 3.8) is 0 Å². The lowest BCUT2D eigenvalue weighted by Crippen LogP contribution is -2.59. The number of ether oxygens (including phenoxy) is 1. The average molecular weight is 267 g/mol. The summed E-state index contributed by atoms with van der Waals surface area (Å²) in [6.45, 7) is 8.52. The number of rotatable bonds is 3. The van der Waals surface area contributed by atoms with Crippen molar-refractivity contribution in [1.82, 2.24) is 15.1 Å². The second-order valence-electron chi connectivity index (χ2n) is 6.08. The molecule has 19 heavy (non-hydrogen) atoms. The van der Waals surface area contributed by atoms with Gasteiger partial charge in [0.05, 0.1) is 12.7 Å². The number of hydrogen-bond donors (Lipinski definition) is 1. The fourth-order valence-corrected chi connectivity index (χ4v) is 3.02. The van der Waals surface area contributed by atoms with Crippen LogP contribution in [0.1, 0.15) is 19.8 Å². The lowest BCUT2D eigenvalue weighted by Gasteiger charge is -2.38. The second-order valence-corrected chi connectivity index (χ2v) is 6.08. The summed E-state index contributed by atoms with van der Waals surface area (Å²) >= 11 is 0. The predicted octanol–water partition coefficient (Wildman–Crippen LogP) is -0.0825. The molecule has 2 atom stereocenters. The first-order chi connectivity index (χ1) is 9.24. The molecule has 5 heteroatoms. The third-order valence-corrected chi connectivity index (χ3v) is 4.48. The third-order valence-electron chi connectivity index (χ3n) is 4.48. The lowest BCUT2D eigenvalue weighted by molar-refractivity contribution is -0.141. The Hall–Kier alpha value is -0.650. The highest BCUT2D eigenvalue weighted by Crippen LogP contribution is 2.29. The van der Waals surface area contributed by atoms with Crippen LogP contribution in [0.3, 0.4) is 0 Å². The maximum absolute atomic E-state index is 12.5. The van der Waals surface area contributed by atoms with E-state index in [2.05, 4.69) is 10.2 Å². The Kier molecular flexibility index (Phi) is 4.05. The van der Waals surface area contributed by atoms with Crippen molar-refractivity contribution < 1.29 is 9.53 Å². The first kappa shape index (κ1) is 13.3. The summed E-state index contributed by atoms with van der Waals surface area (Å²) in [5.41, 5.74) is 0. The minimum Gasteiger partial charge on any atom is -0.375 e. The zero-order valence-electron chi connectivity index (χ0n) is 11.8. The third kappa shape index (κ3) is 3.27. The van der Waals surface area contributed by atoms with E-state index in [9.17, 15) is 4.79 Å². The minimum atomic E-state index is -0.149. The summed E-state index contributed by atoms with van der Waals surface area (Å²) < 4.78 is 5.56. The Balaban J connectivity index is 1.48. The summed E-state index contributed by atoms with van der Waals surface area (Å²) in [5.74, 6) is 1.16. The highest BCUT2D eigenvalue weighted by atomic mass is 16.5. The van der Waals surface area contributed by atoms with Crippen molar-refractivity contribution in [2.45, 2.75) is 31.9 Å². The number of nitrogens with one attached hydrogen (secondary N) is 1. The van der Waals surface area contributed by atoms with Gasteiger partial charge in [-0.15, -0.1) is 0 Å². The molecule has 1 N–H and O–H groups in total. The smallest absolute Gasteiger partial charge is 0.242 e. The van der Waals surface area contributed by atoms with E-state index in [-0.39, 0.29) is 18.1 Å². The molecule has 2 aliphatic heterocycles. The maximum Gasteiger partial charge on any atom is 0.242 e. The largest absolute Gasteiger partial charge is 0.375 e. The number of morpholine rings is 1. The van der Waals surface area contributed by atoms with E-state index < -0.39 is 0 Å². The highest BCUT2D eigenvalue weighted by molar-refractivity contribution is 5.82. The SMILES string of the molecule is C[C@H]1OCCN[C@@H]1C(=O)N1CCN(CC2CC2)CC1. The van der Waals surface area contributed by atoms with Gasteiger partial charge < -0.3 is 15.0 Å². The van der Waals surface area contributed by atoms with Crippen LogP contribution < -0.4 is 5.32 Å². The molecule has 0 aromatic carbocycles. The minimum absolute atomic E-state index is 0.00857. The molecule has 1 amide bonds. The first-order valence-corrected chi connectivity index (χ1v) is 7.60. The molecule has 5 nitrogen and oxygen atoms in total. The molecule has 0 spiro atoms. The van der Waals surface area contributed by atoms with Gasteiger partial charge in [0.15, 0.2) is 0 Å². The van der Waals surface area contributed by atoms with Crippen molar-refractivity contribution in [3.8, 4) is 0 Å². The molecule has 0 unspecified atom stereocenters. The quantitative estimate of drug-likeness (QED) is 0.777. The Bertz CT molecular complexity index is 325. The lowest BCUT2D eigenvalue weighted by atomic mass is 10.1. The standard InChI is InChI=1S/C14H25N3O2/c1-11-13(15-4-9-19-11)14(18)17-7-5-16(6-8-17)10-12-2-3-12/h11-13,15H,2-10H2,1H3/t11-,13+/m1/s1. The zero-order valence-corrected chi connectivity index (χ0v) is 11.8. The topological polar surface area (TPSA) is 44.8 Å². The molecule has 0 bridgehead atoms. The zero-order chi connectivity index (χ0) is 13.2. The molecule has 2 saturated heterocycles. The van der Waals surface area contributed by atoms with Gasteiger partial charge in [-0.25, -0.2) is 0 Å². The predicted molar refractivity (Wildman–Crippen MR) is 72.9 cm³/mol.